The van der Waals surface area contributed by atoms with Gasteiger partial charge in [0.1, 0.15) is 5.54 Å². The fraction of sp³-hybridized carbons (Fsp3) is 0.385. The number of hydrogen-bond donors (Lipinski definition) is 1. The molecular formula is C26H26F3N5O. The van der Waals surface area contributed by atoms with Gasteiger partial charge in [-0.05, 0) is 55.0 Å². The Labute approximate surface area is 201 Å². The first kappa shape index (κ1) is 24.6. The summed E-state index contributed by atoms with van der Waals surface area (Å²) in [5, 5.41) is 10.7. The van der Waals surface area contributed by atoms with Gasteiger partial charge in [0.2, 0.25) is 5.91 Å². The Balaban J connectivity index is 1.76. The lowest BCUT2D eigenvalue weighted by atomic mass is 9.95. The summed E-state index contributed by atoms with van der Waals surface area (Å²) >= 11 is 0. The minimum absolute atomic E-state index is 0.101. The van der Waals surface area contributed by atoms with Crippen LogP contribution in [0.4, 0.5) is 13.2 Å². The van der Waals surface area contributed by atoms with Gasteiger partial charge in [0.25, 0.3) is 0 Å². The molecule has 6 nitrogen and oxygen atoms in total. The van der Waals surface area contributed by atoms with E-state index in [1.54, 1.807) is 26.1 Å². The van der Waals surface area contributed by atoms with E-state index in [-0.39, 0.29) is 30.9 Å². The second kappa shape index (κ2) is 9.27. The van der Waals surface area contributed by atoms with E-state index >= 15 is 0 Å². The lowest BCUT2D eigenvalue weighted by Gasteiger charge is -2.40. The Bertz CT molecular complexity index is 1260. The molecule has 3 aromatic rings. The third-order valence-corrected chi connectivity index (χ3v) is 6.38. The second-order valence-electron chi connectivity index (χ2n) is 9.43. The monoisotopic (exact) mass is 481 g/mol. The summed E-state index contributed by atoms with van der Waals surface area (Å²) in [4.78, 5) is 21.8. The molecule has 0 spiro atoms. The van der Waals surface area contributed by atoms with Gasteiger partial charge >= 0.3 is 6.18 Å². The van der Waals surface area contributed by atoms with Crippen LogP contribution in [-0.4, -0.2) is 38.5 Å². The number of primary amides is 1. The first-order valence-corrected chi connectivity index (χ1v) is 11.4. The minimum atomic E-state index is -4.78. The van der Waals surface area contributed by atoms with Gasteiger partial charge in [-0.25, -0.2) is 0 Å². The van der Waals surface area contributed by atoms with Crippen molar-refractivity contribution in [1.82, 2.24) is 14.9 Å². The van der Waals surface area contributed by atoms with Crippen molar-refractivity contribution >= 4 is 16.8 Å². The Morgan fingerprint density at radius 2 is 1.89 bits per heavy atom. The van der Waals surface area contributed by atoms with Gasteiger partial charge in [0, 0.05) is 23.3 Å². The number of halogens is 3. The molecule has 1 aliphatic carbocycles. The summed E-state index contributed by atoms with van der Waals surface area (Å²) in [5.41, 5.74) is 6.14. The van der Waals surface area contributed by atoms with Gasteiger partial charge in [-0.2, -0.15) is 18.4 Å². The van der Waals surface area contributed by atoms with Gasteiger partial charge in [0.15, 0.2) is 6.04 Å². The van der Waals surface area contributed by atoms with Crippen molar-refractivity contribution in [3.8, 4) is 17.2 Å². The topological polar surface area (TPSA) is 95.9 Å². The second-order valence-corrected chi connectivity index (χ2v) is 9.43. The van der Waals surface area contributed by atoms with Crippen LogP contribution in [0.15, 0.2) is 54.9 Å². The molecule has 1 aromatic carbocycles. The van der Waals surface area contributed by atoms with E-state index in [4.69, 9.17) is 5.73 Å². The van der Waals surface area contributed by atoms with Gasteiger partial charge in [-0.1, -0.05) is 32.0 Å². The maximum absolute atomic E-state index is 14.6. The molecule has 1 amide bonds. The third-order valence-electron chi connectivity index (χ3n) is 6.38. The van der Waals surface area contributed by atoms with E-state index in [1.165, 1.54) is 12.3 Å². The van der Waals surface area contributed by atoms with Crippen LogP contribution in [0.1, 0.15) is 44.8 Å². The largest absolute Gasteiger partial charge is 0.409 e. The molecule has 2 N–H and O–H groups in total. The van der Waals surface area contributed by atoms with E-state index in [9.17, 15) is 23.2 Å². The van der Waals surface area contributed by atoms with E-state index in [0.717, 1.165) is 21.4 Å². The zero-order chi connectivity index (χ0) is 25.4. The number of hydrogen-bond acceptors (Lipinski definition) is 5. The van der Waals surface area contributed by atoms with Crippen molar-refractivity contribution in [2.45, 2.75) is 56.9 Å². The summed E-state index contributed by atoms with van der Waals surface area (Å²) in [7, 11) is 0. The Kier molecular flexibility index (Phi) is 6.52. The maximum atomic E-state index is 14.6. The van der Waals surface area contributed by atoms with Crippen LogP contribution in [-0.2, 0) is 4.79 Å². The van der Waals surface area contributed by atoms with Crippen LogP contribution < -0.4 is 5.73 Å². The van der Waals surface area contributed by atoms with Gasteiger partial charge in [0.05, 0.1) is 23.3 Å². The van der Waals surface area contributed by atoms with Crippen molar-refractivity contribution in [3.05, 3.63) is 60.6 Å². The fourth-order valence-corrected chi connectivity index (χ4v) is 4.55. The number of rotatable bonds is 8. The van der Waals surface area contributed by atoms with Crippen molar-refractivity contribution < 1.29 is 18.0 Å². The van der Waals surface area contributed by atoms with E-state index in [1.807, 2.05) is 36.4 Å². The zero-order valence-electron chi connectivity index (χ0n) is 19.5. The van der Waals surface area contributed by atoms with Crippen molar-refractivity contribution in [2.24, 2.45) is 11.7 Å². The average molecular weight is 482 g/mol. The molecule has 2 heterocycles. The van der Waals surface area contributed by atoms with Crippen LogP contribution in [0.3, 0.4) is 0 Å². The van der Waals surface area contributed by atoms with Gasteiger partial charge < -0.3 is 5.73 Å². The number of nitriles is 1. The number of aromatic nitrogens is 2. The number of nitrogens with two attached hydrogens (primary N) is 1. The SMILES string of the molecule is CC(C)C[C@@H](C(N)=O)N([C@@H](c1ccc(-c2ccc3ncccc3c2)cn1)C(F)(F)F)C1(C#N)CC1. The molecule has 1 aliphatic rings. The maximum Gasteiger partial charge on any atom is 0.409 e. The quantitative estimate of drug-likeness (QED) is 0.480. The first-order chi connectivity index (χ1) is 16.6. The molecule has 2 aromatic heterocycles. The number of alkyl halides is 3. The molecule has 0 bridgehead atoms. The Morgan fingerprint density at radius 1 is 1.17 bits per heavy atom. The summed E-state index contributed by atoms with van der Waals surface area (Å²) in [6.07, 6.45) is -1.12. The fourth-order valence-electron chi connectivity index (χ4n) is 4.55. The molecule has 2 atom stereocenters. The van der Waals surface area contributed by atoms with E-state index in [2.05, 4.69) is 9.97 Å². The molecular weight excluding hydrogens is 455 g/mol. The average Bonchev–Trinajstić information content (AvgIpc) is 3.61. The molecule has 182 valence electrons. The number of nitrogens with zero attached hydrogens (tertiary/aromatic N) is 4. The smallest absolute Gasteiger partial charge is 0.368 e. The molecule has 0 saturated heterocycles. The Hall–Kier alpha value is -3.51. The van der Waals surface area contributed by atoms with E-state index in [0.29, 0.717) is 5.56 Å². The summed E-state index contributed by atoms with van der Waals surface area (Å²) in [6.45, 7) is 3.60. The highest BCUT2D eigenvalue weighted by atomic mass is 19.4. The third kappa shape index (κ3) is 4.98. The molecule has 0 radical (unpaired) electrons. The molecule has 9 heteroatoms. The number of carbonyl (C=O) groups excluding carboxylic acids is 1. The molecule has 4 rings (SSSR count). The lowest BCUT2D eigenvalue weighted by Crippen LogP contribution is -2.56. The van der Waals surface area contributed by atoms with Crippen LogP contribution in [0, 0.1) is 17.2 Å². The lowest BCUT2D eigenvalue weighted by molar-refractivity contribution is -0.201. The molecule has 1 saturated carbocycles. The normalized spacial score (nSPS) is 16.7. The number of fused-ring (bicyclic) bond motifs is 1. The number of benzene rings is 1. The summed E-state index contributed by atoms with van der Waals surface area (Å²) in [5.74, 6) is -0.980. The Morgan fingerprint density at radius 3 is 2.43 bits per heavy atom. The highest BCUT2D eigenvalue weighted by molar-refractivity contribution is 5.84. The predicted octanol–water partition coefficient (Wildman–Crippen LogP) is 5.16. The van der Waals surface area contributed by atoms with Crippen molar-refractivity contribution in [1.29, 1.82) is 5.26 Å². The van der Waals surface area contributed by atoms with Crippen molar-refractivity contribution in [2.75, 3.05) is 0 Å². The van der Waals surface area contributed by atoms with Gasteiger partial charge in [-0.3, -0.25) is 19.7 Å². The number of amides is 1. The number of pyridine rings is 2. The zero-order valence-corrected chi connectivity index (χ0v) is 19.5. The first-order valence-electron chi connectivity index (χ1n) is 11.4. The molecule has 0 unspecified atom stereocenters. The standard InChI is InChI=1S/C26H26F3N5O/c1-16(2)12-22(24(31)35)34(25(15-30)9-10-25)23(26(27,28)29)21-8-6-19(14-33-21)17-5-7-20-18(13-17)4-3-11-32-20/h3-8,11,13-14,16,22-23H,9-10,12H2,1-2H3,(H2,31,35)/t22-,23-/m0/s1. The summed E-state index contributed by atoms with van der Waals surface area (Å²) in [6, 6.07) is 10.7. The molecule has 1 fully saturated rings. The highest BCUT2D eigenvalue weighted by Gasteiger charge is 2.61. The molecule has 0 aliphatic heterocycles. The minimum Gasteiger partial charge on any atom is -0.368 e. The van der Waals surface area contributed by atoms with Crippen LogP contribution in [0.2, 0.25) is 0 Å². The van der Waals surface area contributed by atoms with Crippen LogP contribution in [0.25, 0.3) is 22.0 Å². The van der Waals surface area contributed by atoms with E-state index < -0.39 is 29.7 Å². The van der Waals surface area contributed by atoms with Crippen LogP contribution in [0.5, 0.6) is 0 Å². The number of carbonyl (C=O) groups is 1. The predicted molar refractivity (Wildman–Crippen MR) is 126 cm³/mol. The summed E-state index contributed by atoms with van der Waals surface area (Å²) < 4.78 is 43.7. The van der Waals surface area contributed by atoms with Crippen LogP contribution >= 0.6 is 0 Å². The highest BCUT2D eigenvalue weighted by Crippen LogP contribution is 2.51. The van der Waals surface area contributed by atoms with Gasteiger partial charge in [-0.15, -0.1) is 0 Å². The molecule has 35 heavy (non-hydrogen) atoms. The van der Waals surface area contributed by atoms with Crippen molar-refractivity contribution in [3.63, 3.8) is 0 Å².